The maximum atomic E-state index is 5.97. The number of aromatic amines is 1. The highest BCUT2D eigenvalue weighted by atomic mass is 35.5. The molecule has 1 heterocycles. The minimum Gasteiger partial charge on any atom is -0.331 e. The lowest BCUT2D eigenvalue weighted by molar-refractivity contribution is 0.537. The van der Waals surface area contributed by atoms with Crippen LogP contribution in [0.1, 0.15) is 6.92 Å². The number of nitrogens with zero attached hydrogens (tertiary/aromatic N) is 1. The van der Waals surface area contributed by atoms with Crippen molar-refractivity contribution in [3.05, 3.63) is 28.0 Å². The third-order valence-corrected chi connectivity index (χ3v) is 4.14. The Hall–Kier alpha value is -0.450. The number of hydrogen-bond acceptors (Lipinski definition) is 2. The normalized spacial score (nSPS) is 13.1. The summed E-state index contributed by atoms with van der Waals surface area (Å²) in [4.78, 5) is 3.20. The Bertz CT molecular complexity index is 573. The predicted molar refractivity (Wildman–Crippen MR) is 79.7 cm³/mol. The van der Waals surface area contributed by atoms with Crippen LogP contribution in [0.5, 0.6) is 0 Å². The topological polar surface area (TPSA) is 20.7 Å². The van der Waals surface area contributed by atoms with Crippen LogP contribution in [0.3, 0.4) is 0 Å². The fraction of sp³-hybridized carbons (Fsp3) is 0.417. The molecule has 1 N–H and O–H groups in total. The first kappa shape index (κ1) is 13.0. The van der Waals surface area contributed by atoms with Crippen molar-refractivity contribution in [2.45, 2.75) is 13.5 Å². The van der Waals surface area contributed by atoms with Crippen LogP contribution >= 0.6 is 35.6 Å². The molecule has 92 valence electrons. The lowest BCUT2D eigenvalue weighted by Gasteiger charge is -2.11. The van der Waals surface area contributed by atoms with Gasteiger partial charge in [-0.1, -0.05) is 18.5 Å². The maximum Gasteiger partial charge on any atom is 0.178 e. The Kier molecular flexibility index (Phi) is 4.17. The van der Waals surface area contributed by atoms with Crippen LogP contribution in [-0.2, 0) is 6.54 Å². The van der Waals surface area contributed by atoms with Crippen molar-refractivity contribution in [1.82, 2.24) is 9.55 Å². The Balaban J connectivity index is 2.40. The quantitative estimate of drug-likeness (QED) is 0.844. The molecule has 17 heavy (non-hydrogen) atoms. The molecule has 2 aromatic rings. The number of nitrogens with one attached hydrogen (secondary N) is 1. The number of imidazole rings is 1. The van der Waals surface area contributed by atoms with Crippen LogP contribution in [0.2, 0.25) is 5.02 Å². The number of thioether (sulfide) groups is 1. The molecule has 1 atom stereocenters. The number of fused-ring (bicyclic) bond motifs is 1. The average Bonchev–Trinajstić information content (AvgIpc) is 2.55. The molecule has 0 aliphatic carbocycles. The molecule has 0 spiro atoms. The zero-order chi connectivity index (χ0) is 12.4. The molecule has 0 fully saturated rings. The Labute approximate surface area is 115 Å². The van der Waals surface area contributed by atoms with E-state index >= 15 is 0 Å². The highest BCUT2D eigenvalue weighted by Crippen LogP contribution is 2.20. The monoisotopic (exact) mass is 286 g/mol. The van der Waals surface area contributed by atoms with E-state index in [9.17, 15) is 0 Å². The number of halogens is 1. The summed E-state index contributed by atoms with van der Waals surface area (Å²) in [5, 5.41) is 0.734. The van der Waals surface area contributed by atoms with Crippen molar-refractivity contribution in [2.24, 2.45) is 5.92 Å². The van der Waals surface area contributed by atoms with E-state index in [0.29, 0.717) is 5.92 Å². The second-order valence-electron chi connectivity index (χ2n) is 4.26. The number of H-pyrrole nitrogens is 1. The molecule has 0 saturated carbocycles. The van der Waals surface area contributed by atoms with E-state index in [1.165, 1.54) is 0 Å². The third kappa shape index (κ3) is 2.87. The average molecular weight is 287 g/mol. The van der Waals surface area contributed by atoms with Gasteiger partial charge in [0.25, 0.3) is 0 Å². The van der Waals surface area contributed by atoms with Gasteiger partial charge in [-0.15, -0.1) is 0 Å². The van der Waals surface area contributed by atoms with Gasteiger partial charge in [0, 0.05) is 11.6 Å². The molecule has 0 bridgehead atoms. The zero-order valence-electron chi connectivity index (χ0n) is 9.87. The second kappa shape index (κ2) is 5.46. The number of hydrogen-bond donors (Lipinski definition) is 1. The molecule has 1 aromatic heterocycles. The van der Waals surface area contributed by atoms with Gasteiger partial charge in [-0.2, -0.15) is 11.8 Å². The van der Waals surface area contributed by atoms with E-state index in [0.717, 1.165) is 33.1 Å². The minimum atomic E-state index is 0.603. The molecule has 5 heteroatoms. The number of benzene rings is 1. The minimum absolute atomic E-state index is 0.603. The lowest BCUT2D eigenvalue weighted by atomic mass is 10.2. The summed E-state index contributed by atoms with van der Waals surface area (Å²) in [6, 6.07) is 5.85. The standard InChI is InChI=1S/C12H15ClN2S2/c1-8(7-17-2)6-15-11-4-3-9(13)5-10(11)14-12(15)16/h3-5,8H,6-7H2,1-2H3,(H,14,16). The highest BCUT2D eigenvalue weighted by molar-refractivity contribution is 7.98. The van der Waals surface area contributed by atoms with Crippen molar-refractivity contribution < 1.29 is 0 Å². The predicted octanol–water partition coefficient (Wildman–Crippen LogP) is 4.35. The van der Waals surface area contributed by atoms with Gasteiger partial charge < -0.3 is 9.55 Å². The van der Waals surface area contributed by atoms with Gasteiger partial charge in [-0.05, 0) is 48.3 Å². The van der Waals surface area contributed by atoms with Gasteiger partial charge in [0.1, 0.15) is 0 Å². The van der Waals surface area contributed by atoms with E-state index in [1.807, 2.05) is 30.0 Å². The molecule has 2 rings (SSSR count). The van der Waals surface area contributed by atoms with Crippen LogP contribution in [-0.4, -0.2) is 21.6 Å². The first-order chi connectivity index (χ1) is 8.11. The van der Waals surface area contributed by atoms with Gasteiger partial charge in [0.05, 0.1) is 11.0 Å². The Morgan fingerprint density at radius 2 is 2.29 bits per heavy atom. The summed E-state index contributed by atoms with van der Waals surface area (Å²) in [6.45, 7) is 3.19. The van der Waals surface area contributed by atoms with Crippen LogP contribution in [0.15, 0.2) is 18.2 Å². The van der Waals surface area contributed by atoms with Crippen molar-refractivity contribution in [3.8, 4) is 0 Å². The van der Waals surface area contributed by atoms with Crippen molar-refractivity contribution in [2.75, 3.05) is 12.0 Å². The van der Waals surface area contributed by atoms with Gasteiger partial charge in [0.2, 0.25) is 0 Å². The van der Waals surface area contributed by atoms with Crippen molar-refractivity contribution in [3.63, 3.8) is 0 Å². The number of rotatable bonds is 4. The summed E-state index contributed by atoms with van der Waals surface area (Å²) in [6.07, 6.45) is 2.13. The SMILES string of the molecule is CSCC(C)Cn1c(=S)[nH]c2cc(Cl)ccc21. The van der Waals surface area contributed by atoms with Crippen LogP contribution < -0.4 is 0 Å². The summed E-state index contributed by atoms with van der Waals surface area (Å²) < 4.78 is 2.93. The molecule has 1 unspecified atom stereocenters. The fourth-order valence-corrected chi connectivity index (χ4v) is 3.10. The van der Waals surface area contributed by atoms with Gasteiger partial charge in [0.15, 0.2) is 4.77 Å². The van der Waals surface area contributed by atoms with Crippen LogP contribution in [0, 0.1) is 10.7 Å². The Morgan fingerprint density at radius 1 is 1.53 bits per heavy atom. The van der Waals surface area contributed by atoms with E-state index in [1.54, 1.807) is 0 Å². The molecule has 1 aromatic carbocycles. The summed E-state index contributed by atoms with van der Waals surface area (Å²) in [7, 11) is 0. The molecular weight excluding hydrogens is 272 g/mol. The Morgan fingerprint density at radius 3 is 3.00 bits per heavy atom. The van der Waals surface area contributed by atoms with Crippen molar-refractivity contribution >= 4 is 46.6 Å². The van der Waals surface area contributed by atoms with E-state index in [4.69, 9.17) is 23.8 Å². The van der Waals surface area contributed by atoms with Crippen LogP contribution in [0.4, 0.5) is 0 Å². The second-order valence-corrected chi connectivity index (χ2v) is 6.00. The first-order valence-electron chi connectivity index (χ1n) is 5.49. The molecule has 0 aliphatic heterocycles. The molecule has 0 saturated heterocycles. The molecular formula is C12H15ClN2S2. The van der Waals surface area contributed by atoms with Gasteiger partial charge in [-0.25, -0.2) is 0 Å². The zero-order valence-corrected chi connectivity index (χ0v) is 12.3. The molecule has 2 nitrogen and oxygen atoms in total. The smallest absolute Gasteiger partial charge is 0.178 e. The van der Waals surface area contributed by atoms with Gasteiger partial charge >= 0.3 is 0 Å². The highest BCUT2D eigenvalue weighted by Gasteiger charge is 2.08. The largest absolute Gasteiger partial charge is 0.331 e. The molecule has 0 aliphatic rings. The summed E-state index contributed by atoms with van der Waals surface area (Å²) in [5.41, 5.74) is 2.14. The first-order valence-corrected chi connectivity index (χ1v) is 7.67. The lowest BCUT2D eigenvalue weighted by Crippen LogP contribution is -2.09. The summed E-state index contributed by atoms with van der Waals surface area (Å²) >= 11 is 13.2. The summed E-state index contributed by atoms with van der Waals surface area (Å²) in [5.74, 6) is 1.74. The van der Waals surface area contributed by atoms with E-state index < -0.39 is 0 Å². The van der Waals surface area contributed by atoms with Gasteiger partial charge in [-0.3, -0.25) is 0 Å². The molecule has 0 radical (unpaired) electrons. The van der Waals surface area contributed by atoms with Crippen molar-refractivity contribution in [1.29, 1.82) is 0 Å². The van der Waals surface area contributed by atoms with E-state index in [2.05, 4.69) is 22.7 Å². The third-order valence-electron chi connectivity index (χ3n) is 2.68. The van der Waals surface area contributed by atoms with Crippen LogP contribution in [0.25, 0.3) is 11.0 Å². The molecule has 0 amide bonds. The number of aromatic nitrogens is 2. The van der Waals surface area contributed by atoms with E-state index in [-0.39, 0.29) is 0 Å². The maximum absolute atomic E-state index is 5.97. The fourth-order valence-electron chi connectivity index (χ4n) is 1.97.